The molecule has 0 atom stereocenters. The molecule has 0 bridgehead atoms. The van der Waals surface area contributed by atoms with Crippen LogP contribution in [0, 0.1) is 0 Å². The molecule has 4 aromatic rings. The second-order valence-corrected chi connectivity index (χ2v) is 8.04. The molecule has 0 radical (unpaired) electrons. The highest BCUT2D eigenvalue weighted by molar-refractivity contribution is 5.92. The van der Waals surface area contributed by atoms with Gasteiger partial charge in [-0.3, -0.25) is 4.79 Å². The molecule has 0 unspecified atom stereocenters. The van der Waals surface area contributed by atoms with Gasteiger partial charge in [-0.2, -0.15) is 13.2 Å². The Morgan fingerprint density at radius 3 is 2.58 bits per heavy atom. The van der Waals surface area contributed by atoms with Crippen LogP contribution < -0.4 is 5.32 Å². The van der Waals surface area contributed by atoms with Crippen LogP contribution in [-0.4, -0.2) is 30.2 Å². The molecule has 7 nitrogen and oxygen atoms in total. The number of aromatic nitrogens is 5. The fourth-order valence-electron chi connectivity index (χ4n) is 4.20. The maximum atomic E-state index is 13.5. The summed E-state index contributed by atoms with van der Waals surface area (Å²) >= 11 is 0. The van der Waals surface area contributed by atoms with E-state index in [-0.39, 0.29) is 11.0 Å². The topological polar surface area (TPSA) is 77.6 Å². The van der Waals surface area contributed by atoms with Gasteiger partial charge in [0.05, 0.1) is 11.0 Å². The van der Waals surface area contributed by atoms with Crippen LogP contribution in [-0.2, 0) is 30.5 Å². The molecule has 1 N–H and O–H groups in total. The first kappa shape index (κ1) is 21.2. The number of aryl methyl sites for hydroxylation is 1. The number of fused-ring (bicyclic) bond motifs is 2. The minimum atomic E-state index is -4.67. The Kier molecular flexibility index (Phi) is 5.35. The Bertz CT molecular complexity index is 1310. The average Bonchev–Trinajstić information content (AvgIpc) is 3.28. The van der Waals surface area contributed by atoms with Gasteiger partial charge in [-0.25, -0.2) is 4.98 Å². The number of nitrogens with one attached hydrogen (secondary N) is 1. The van der Waals surface area contributed by atoms with E-state index in [9.17, 15) is 18.0 Å². The summed E-state index contributed by atoms with van der Waals surface area (Å²) in [6, 6.07) is 13.3. The molecule has 0 spiro atoms. The number of para-hydroxylation sites is 2. The molecule has 1 aliphatic rings. The summed E-state index contributed by atoms with van der Waals surface area (Å²) in [5, 5.41) is 11.3. The van der Waals surface area contributed by atoms with Crippen molar-refractivity contribution in [1.29, 1.82) is 0 Å². The lowest BCUT2D eigenvalue weighted by molar-refractivity contribution is -0.147. The van der Waals surface area contributed by atoms with Crippen molar-refractivity contribution in [3.8, 4) is 11.4 Å². The molecule has 33 heavy (non-hydrogen) atoms. The summed E-state index contributed by atoms with van der Waals surface area (Å²) < 4.78 is 43.4. The number of hydrogen-bond acceptors (Lipinski definition) is 4. The number of hydrogen-bond donors (Lipinski definition) is 1. The van der Waals surface area contributed by atoms with Crippen molar-refractivity contribution in [2.75, 3.05) is 5.32 Å². The van der Waals surface area contributed by atoms with Crippen LogP contribution in [0.15, 0.2) is 48.5 Å². The number of nitrogens with zero attached hydrogens (tertiary/aromatic N) is 5. The standard InChI is InChI=1S/C23H21F3N6O/c24-23(25,26)22-28-17-6-3-4-7-18(17)32(22)14-20(33)27-16-11-9-15(10-12-16)21-30-29-19-8-2-1-5-13-31(19)21/h3-4,6-7,9-12H,1-2,5,8,13-14H2,(H,27,33). The third-order valence-corrected chi connectivity index (χ3v) is 5.75. The molecule has 2 aromatic heterocycles. The van der Waals surface area contributed by atoms with Gasteiger partial charge < -0.3 is 14.5 Å². The van der Waals surface area contributed by atoms with Gasteiger partial charge in [0, 0.05) is 24.2 Å². The predicted octanol–water partition coefficient (Wildman–Crippen LogP) is 4.68. The van der Waals surface area contributed by atoms with Gasteiger partial charge in [0.1, 0.15) is 12.4 Å². The Labute approximate surface area is 187 Å². The van der Waals surface area contributed by atoms with Gasteiger partial charge >= 0.3 is 6.18 Å². The molecule has 1 aliphatic heterocycles. The van der Waals surface area contributed by atoms with E-state index in [1.807, 2.05) is 12.1 Å². The first-order valence-electron chi connectivity index (χ1n) is 10.7. The lowest BCUT2D eigenvalue weighted by atomic mass is 10.2. The third-order valence-electron chi connectivity index (χ3n) is 5.75. The van der Waals surface area contributed by atoms with Crippen molar-refractivity contribution in [2.45, 2.75) is 44.9 Å². The van der Waals surface area contributed by atoms with E-state index >= 15 is 0 Å². The number of benzene rings is 2. The minimum Gasteiger partial charge on any atom is -0.325 e. The normalized spacial score (nSPS) is 14.2. The quantitative estimate of drug-likeness (QED) is 0.486. The lowest BCUT2D eigenvalue weighted by Gasteiger charge is -2.12. The highest BCUT2D eigenvalue weighted by Crippen LogP contribution is 2.31. The second kappa shape index (κ2) is 8.34. The van der Waals surface area contributed by atoms with Crippen molar-refractivity contribution in [2.24, 2.45) is 0 Å². The predicted molar refractivity (Wildman–Crippen MR) is 116 cm³/mol. The minimum absolute atomic E-state index is 0.189. The first-order valence-corrected chi connectivity index (χ1v) is 10.7. The third kappa shape index (κ3) is 4.20. The molecule has 5 rings (SSSR count). The van der Waals surface area contributed by atoms with Crippen molar-refractivity contribution < 1.29 is 18.0 Å². The summed E-state index contributed by atoms with van der Waals surface area (Å²) in [7, 11) is 0. The van der Waals surface area contributed by atoms with Gasteiger partial charge in [0.15, 0.2) is 5.82 Å². The Morgan fingerprint density at radius 2 is 1.79 bits per heavy atom. The molecule has 3 heterocycles. The average molecular weight is 454 g/mol. The van der Waals surface area contributed by atoms with Gasteiger partial charge in [0.2, 0.25) is 11.7 Å². The lowest BCUT2D eigenvalue weighted by Crippen LogP contribution is -2.23. The fraction of sp³-hybridized carbons (Fsp3) is 0.304. The van der Waals surface area contributed by atoms with E-state index < -0.39 is 24.5 Å². The molecule has 0 aliphatic carbocycles. The van der Waals surface area contributed by atoms with Crippen LogP contribution >= 0.6 is 0 Å². The van der Waals surface area contributed by atoms with E-state index in [1.165, 1.54) is 12.1 Å². The van der Waals surface area contributed by atoms with Crippen LogP contribution in [0.3, 0.4) is 0 Å². The number of alkyl halides is 3. The molecule has 1 amide bonds. The van der Waals surface area contributed by atoms with E-state index in [0.29, 0.717) is 5.69 Å². The van der Waals surface area contributed by atoms with Crippen LogP contribution in [0.2, 0.25) is 0 Å². The molecule has 170 valence electrons. The summed E-state index contributed by atoms with van der Waals surface area (Å²) in [4.78, 5) is 16.3. The van der Waals surface area contributed by atoms with E-state index in [4.69, 9.17) is 0 Å². The molecule has 0 fully saturated rings. The molecule has 0 saturated carbocycles. The first-order chi connectivity index (χ1) is 15.9. The number of carbonyl (C=O) groups is 1. The van der Waals surface area contributed by atoms with Crippen molar-refractivity contribution in [3.63, 3.8) is 0 Å². The fourth-order valence-corrected chi connectivity index (χ4v) is 4.20. The van der Waals surface area contributed by atoms with Crippen LogP contribution in [0.25, 0.3) is 22.4 Å². The summed E-state index contributed by atoms with van der Waals surface area (Å²) in [6.45, 7) is 0.366. The van der Waals surface area contributed by atoms with Crippen molar-refractivity contribution in [3.05, 3.63) is 60.2 Å². The number of amides is 1. The van der Waals surface area contributed by atoms with E-state index in [1.54, 1.807) is 24.3 Å². The maximum Gasteiger partial charge on any atom is 0.449 e. The number of anilines is 1. The molecule has 2 aromatic carbocycles. The van der Waals surface area contributed by atoms with Gasteiger partial charge in [-0.15, -0.1) is 10.2 Å². The number of halogens is 3. The highest BCUT2D eigenvalue weighted by atomic mass is 19.4. The van der Waals surface area contributed by atoms with Crippen molar-refractivity contribution >= 4 is 22.6 Å². The van der Waals surface area contributed by atoms with Crippen molar-refractivity contribution in [1.82, 2.24) is 24.3 Å². The highest BCUT2D eigenvalue weighted by Gasteiger charge is 2.38. The van der Waals surface area contributed by atoms with Gasteiger partial charge in [-0.1, -0.05) is 18.6 Å². The molecular formula is C23H21F3N6O. The van der Waals surface area contributed by atoms with Crippen LogP contribution in [0.4, 0.5) is 18.9 Å². The zero-order valence-corrected chi connectivity index (χ0v) is 17.6. The van der Waals surface area contributed by atoms with Gasteiger partial charge in [0.25, 0.3) is 0 Å². The summed E-state index contributed by atoms with van der Waals surface area (Å²) in [5.74, 6) is 0.0897. The molecular weight excluding hydrogens is 433 g/mol. The molecule has 0 saturated heterocycles. The van der Waals surface area contributed by atoms with E-state index in [2.05, 4.69) is 25.1 Å². The SMILES string of the molecule is O=C(Cn1c(C(F)(F)F)nc2ccccc21)Nc1ccc(-c2nnc3n2CCCCC3)cc1. The largest absolute Gasteiger partial charge is 0.449 e. The maximum absolute atomic E-state index is 13.5. The monoisotopic (exact) mass is 454 g/mol. The zero-order valence-electron chi connectivity index (χ0n) is 17.6. The number of imidazole rings is 1. The Hall–Kier alpha value is -3.69. The van der Waals surface area contributed by atoms with Crippen LogP contribution in [0.1, 0.15) is 30.9 Å². The molecule has 10 heteroatoms. The second-order valence-electron chi connectivity index (χ2n) is 8.04. The summed E-state index contributed by atoms with van der Waals surface area (Å²) in [6.07, 6.45) is -0.419. The number of carbonyl (C=O) groups excluding carboxylic acids is 1. The Morgan fingerprint density at radius 1 is 1.00 bits per heavy atom. The zero-order chi connectivity index (χ0) is 23.0. The number of rotatable bonds is 4. The van der Waals surface area contributed by atoms with E-state index in [0.717, 1.165) is 54.0 Å². The smallest absolute Gasteiger partial charge is 0.325 e. The summed E-state index contributed by atoms with van der Waals surface area (Å²) in [5.41, 5.74) is 1.79. The van der Waals surface area contributed by atoms with Gasteiger partial charge in [-0.05, 0) is 49.2 Å². The van der Waals surface area contributed by atoms with Crippen LogP contribution in [0.5, 0.6) is 0 Å². The Balaban J connectivity index is 1.34.